The van der Waals surface area contributed by atoms with Crippen LogP contribution >= 0.6 is 0 Å². The fraction of sp³-hybridized carbons (Fsp3) is 0.522. The van der Waals surface area contributed by atoms with Gasteiger partial charge in [-0.1, -0.05) is 12.1 Å². The van der Waals surface area contributed by atoms with E-state index in [0.717, 1.165) is 54.8 Å². The second-order valence-corrected chi connectivity index (χ2v) is 7.71. The molecule has 1 saturated heterocycles. The van der Waals surface area contributed by atoms with Crippen LogP contribution in [0, 0.1) is 0 Å². The third-order valence-electron chi connectivity index (χ3n) is 5.77. The molecule has 6 nitrogen and oxygen atoms in total. The molecule has 1 aromatic heterocycles. The van der Waals surface area contributed by atoms with Crippen LogP contribution in [-0.4, -0.2) is 38.1 Å². The van der Waals surface area contributed by atoms with Crippen LogP contribution in [0.2, 0.25) is 0 Å². The van der Waals surface area contributed by atoms with E-state index in [1.165, 1.54) is 12.0 Å². The number of rotatable bonds is 7. The second kappa shape index (κ2) is 9.11. The molecule has 2 aromatic rings. The average molecular weight is 399 g/mol. The maximum Gasteiger partial charge on any atom is 0.197 e. The summed E-state index contributed by atoms with van der Waals surface area (Å²) in [5.41, 5.74) is 5.45. The Morgan fingerprint density at radius 1 is 1.14 bits per heavy atom. The fourth-order valence-corrected chi connectivity index (χ4v) is 4.37. The van der Waals surface area contributed by atoms with E-state index in [4.69, 9.17) is 18.9 Å². The number of nitrogens with zero attached hydrogens (tertiary/aromatic N) is 1. The van der Waals surface area contributed by atoms with E-state index < -0.39 is 0 Å². The summed E-state index contributed by atoms with van der Waals surface area (Å²) in [6.45, 7) is 3.11. The topological polar surface area (TPSA) is 58.9 Å². The quantitative estimate of drug-likeness (QED) is 0.715. The van der Waals surface area contributed by atoms with Gasteiger partial charge in [0.25, 0.3) is 0 Å². The van der Waals surface area contributed by atoms with E-state index in [-0.39, 0.29) is 11.5 Å². The molecule has 0 N–H and O–H groups in total. The van der Waals surface area contributed by atoms with Gasteiger partial charge in [0.1, 0.15) is 6.61 Å². The minimum absolute atomic E-state index is 0.0436. The Morgan fingerprint density at radius 3 is 2.76 bits per heavy atom. The highest BCUT2D eigenvalue weighted by atomic mass is 16.5. The van der Waals surface area contributed by atoms with Gasteiger partial charge in [-0.2, -0.15) is 0 Å². The van der Waals surface area contributed by atoms with Gasteiger partial charge in [0.05, 0.1) is 25.0 Å². The van der Waals surface area contributed by atoms with Crippen LogP contribution in [-0.2, 0) is 40.4 Å². The lowest BCUT2D eigenvalue weighted by molar-refractivity contribution is -0.0127. The first kappa shape index (κ1) is 20.1. The summed E-state index contributed by atoms with van der Waals surface area (Å²) in [6, 6.07) is 7.45. The molecule has 1 fully saturated rings. The number of hydrogen-bond donors (Lipinski definition) is 0. The van der Waals surface area contributed by atoms with Crippen molar-refractivity contribution in [3.8, 4) is 17.1 Å². The summed E-state index contributed by atoms with van der Waals surface area (Å²) in [5.74, 6) is 0.626. The van der Waals surface area contributed by atoms with Crippen molar-refractivity contribution in [1.82, 2.24) is 4.57 Å². The molecule has 2 aliphatic heterocycles. The highest BCUT2D eigenvalue weighted by molar-refractivity contribution is 5.69. The van der Waals surface area contributed by atoms with Crippen molar-refractivity contribution in [3.05, 3.63) is 51.2 Å². The Morgan fingerprint density at radius 2 is 2.00 bits per heavy atom. The summed E-state index contributed by atoms with van der Waals surface area (Å²) in [6.07, 6.45) is 4.26. The molecule has 6 heteroatoms. The molecule has 29 heavy (non-hydrogen) atoms. The number of hydrogen-bond acceptors (Lipinski definition) is 5. The number of pyridine rings is 1. The van der Waals surface area contributed by atoms with Crippen molar-refractivity contribution in [2.45, 2.75) is 51.5 Å². The Labute approximate surface area is 171 Å². The molecule has 0 amide bonds. The van der Waals surface area contributed by atoms with Gasteiger partial charge in [0.15, 0.2) is 11.3 Å². The van der Waals surface area contributed by atoms with E-state index in [1.807, 2.05) is 0 Å². The van der Waals surface area contributed by atoms with E-state index in [2.05, 4.69) is 16.7 Å². The molecule has 0 saturated carbocycles. The number of ether oxygens (including phenoxy) is 4. The van der Waals surface area contributed by atoms with Gasteiger partial charge in [-0.3, -0.25) is 4.79 Å². The third kappa shape index (κ3) is 4.25. The van der Waals surface area contributed by atoms with Gasteiger partial charge >= 0.3 is 0 Å². The molecule has 3 heterocycles. The van der Waals surface area contributed by atoms with E-state index in [9.17, 15) is 4.79 Å². The van der Waals surface area contributed by atoms with Crippen molar-refractivity contribution in [1.29, 1.82) is 0 Å². The van der Waals surface area contributed by atoms with Crippen LogP contribution in [0.4, 0.5) is 0 Å². The normalized spacial score (nSPS) is 18.2. The molecule has 0 radical (unpaired) electrons. The number of aromatic nitrogens is 1. The Balaban J connectivity index is 1.69. The van der Waals surface area contributed by atoms with Crippen LogP contribution in [0.1, 0.15) is 36.0 Å². The second-order valence-electron chi connectivity index (χ2n) is 7.71. The summed E-state index contributed by atoms with van der Waals surface area (Å²) in [4.78, 5) is 12.4. The van der Waals surface area contributed by atoms with Crippen molar-refractivity contribution < 1.29 is 18.9 Å². The zero-order valence-corrected chi connectivity index (χ0v) is 17.2. The van der Waals surface area contributed by atoms with Gasteiger partial charge in [-0.05, 0) is 42.4 Å². The Kier molecular flexibility index (Phi) is 6.33. The first-order chi connectivity index (χ1) is 14.2. The van der Waals surface area contributed by atoms with E-state index in [1.54, 1.807) is 26.4 Å². The molecule has 1 aromatic carbocycles. The van der Waals surface area contributed by atoms with Crippen LogP contribution in [0.3, 0.4) is 0 Å². The lowest BCUT2D eigenvalue weighted by Crippen LogP contribution is -2.28. The minimum atomic E-state index is -0.0436. The van der Waals surface area contributed by atoms with Gasteiger partial charge in [-0.25, -0.2) is 0 Å². The maximum atomic E-state index is 12.4. The van der Waals surface area contributed by atoms with Crippen LogP contribution in [0.5, 0.6) is 5.88 Å². The van der Waals surface area contributed by atoms with Crippen molar-refractivity contribution in [3.63, 3.8) is 0 Å². The SMILES string of the molecule is COCc1ccc2c(c1COC)CCn1c(OCC3CCCCO3)cc(=O)cc1-2. The highest BCUT2D eigenvalue weighted by Crippen LogP contribution is 2.35. The first-order valence-corrected chi connectivity index (χ1v) is 10.3. The smallest absolute Gasteiger partial charge is 0.197 e. The fourth-order valence-electron chi connectivity index (χ4n) is 4.37. The molecule has 0 spiro atoms. The van der Waals surface area contributed by atoms with Gasteiger partial charge < -0.3 is 23.5 Å². The first-order valence-electron chi connectivity index (χ1n) is 10.3. The number of methoxy groups -OCH3 is 2. The molecular weight excluding hydrogens is 370 g/mol. The van der Waals surface area contributed by atoms with Crippen LogP contribution < -0.4 is 10.2 Å². The lowest BCUT2D eigenvalue weighted by atomic mass is 9.90. The van der Waals surface area contributed by atoms with Crippen LogP contribution in [0.15, 0.2) is 29.1 Å². The summed E-state index contributed by atoms with van der Waals surface area (Å²) in [7, 11) is 3.40. The monoisotopic (exact) mass is 399 g/mol. The zero-order chi connectivity index (χ0) is 20.2. The largest absolute Gasteiger partial charge is 0.476 e. The molecule has 0 aliphatic carbocycles. The molecule has 156 valence electrons. The van der Waals surface area contributed by atoms with Crippen molar-refractivity contribution in [2.75, 3.05) is 27.4 Å². The van der Waals surface area contributed by atoms with E-state index in [0.29, 0.717) is 25.7 Å². The summed E-state index contributed by atoms with van der Waals surface area (Å²) in [5, 5.41) is 0. The number of fused-ring (bicyclic) bond motifs is 3. The predicted molar refractivity (Wildman–Crippen MR) is 110 cm³/mol. The van der Waals surface area contributed by atoms with Gasteiger partial charge in [-0.15, -0.1) is 0 Å². The van der Waals surface area contributed by atoms with Crippen molar-refractivity contribution in [2.24, 2.45) is 0 Å². The summed E-state index contributed by atoms with van der Waals surface area (Å²) >= 11 is 0. The average Bonchev–Trinajstić information content (AvgIpc) is 2.74. The molecular formula is C23H29NO5. The maximum absolute atomic E-state index is 12.4. The Bertz CT molecular complexity index is 914. The molecule has 0 bridgehead atoms. The molecule has 4 rings (SSSR count). The molecule has 2 aliphatic rings. The van der Waals surface area contributed by atoms with Crippen molar-refractivity contribution >= 4 is 0 Å². The highest BCUT2D eigenvalue weighted by Gasteiger charge is 2.23. The molecule has 1 unspecified atom stereocenters. The number of benzene rings is 1. The zero-order valence-electron chi connectivity index (χ0n) is 17.2. The lowest BCUT2D eigenvalue weighted by Gasteiger charge is -2.29. The van der Waals surface area contributed by atoms with E-state index >= 15 is 0 Å². The summed E-state index contributed by atoms with van der Waals surface area (Å²) < 4.78 is 24.8. The van der Waals surface area contributed by atoms with Crippen LogP contribution in [0.25, 0.3) is 11.3 Å². The molecule has 1 atom stereocenters. The Hall–Kier alpha value is -2.15. The van der Waals surface area contributed by atoms with Gasteiger partial charge in [0, 0.05) is 45.1 Å². The third-order valence-corrected chi connectivity index (χ3v) is 5.77. The van der Waals surface area contributed by atoms with Gasteiger partial charge in [0.2, 0.25) is 0 Å². The minimum Gasteiger partial charge on any atom is -0.476 e. The predicted octanol–water partition coefficient (Wildman–Crippen LogP) is 3.31. The standard InChI is InChI=1S/C23H29NO5/c1-26-13-16-6-7-20-19(21(16)15-27-2)8-9-24-22(20)11-17(25)12-23(24)29-14-18-5-3-4-10-28-18/h6-7,11-12,18H,3-5,8-10,13-15H2,1-2H3.